The molecule has 3 aromatic carbocycles. The van der Waals surface area contributed by atoms with E-state index in [-0.39, 0.29) is 27.9 Å². The predicted molar refractivity (Wildman–Crippen MR) is 81.7 cm³/mol. The molecule has 0 bridgehead atoms. The number of benzene rings is 3. The second-order valence-corrected chi connectivity index (χ2v) is 3.77. The zero-order valence-corrected chi connectivity index (χ0v) is 9.81. The van der Waals surface area contributed by atoms with E-state index in [0.717, 1.165) is 0 Å². The fraction of sp³-hybridized carbons (Fsp3) is 0. The maximum absolute atomic E-state index is 8.14. The van der Waals surface area contributed by atoms with E-state index in [0.29, 0.717) is 0 Å². The van der Waals surface area contributed by atoms with Crippen LogP contribution in [0.2, 0.25) is 0 Å². The lowest BCUT2D eigenvalue weighted by molar-refractivity contribution is 1.58. The van der Waals surface area contributed by atoms with Crippen molar-refractivity contribution in [2.45, 2.75) is 0 Å². The average molecular weight is 255 g/mol. The lowest BCUT2D eigenvalue weighted by atomic mass is 9.96. The third kappa shape index (κ3) is 2.23. The zero-order chi connectivity index (χ0) is 21.8. The molecule has 0 saturated heterocycles. The van der Waals surface area contributed by atoms with Crippen LogP contribution in [-0.4, -0.2) is 0 Å². The summed E-state index contributed by atoms with van der Waals surface area (Å²) in [5, 5.41) is 0. The van der Waals surface area contributed by atoms with Gasteiger partial charge in [0.2, 0.25) is 0 Å². The smallest absolute Gasteiger partial charge is 0.0629 e. The Kier molecular flexibility index (Phi) is 1.27. The number of hydrogen-bond donors (Lipinski definition) is 1. The van der Waals surface area contributed by atoms with Gasteiger partial charge in [-0.1, -0.05) is 78.6 Å². The van der Waals surface area contributed by atoms with E-state index in [1.165, 1.54) is 18.2 Å². The van der Waals surface area contributed by atoms with Crippen LogP contribution in [0.1, 0.15) is 13.7 Å². The summed E-state index contributed by atoms with van der Waals surface area (Å²) >= 11 is 0. The monoisotopic (exact) mass is 255 g/mol. The largest absolute Gasteiger partial charge is 0.398 e. The number of rotatable bonds is 2. The average Bonchev–Trinajstić information content (AvgIpc) is 2.70. The van der Waals surface area contributed by atoms with Crippen LogP contribution in [0.15, 0.2) is 78.6 Å². The Morgan fingerprint density at radius 1 is 0.684 bits per heavy atom. The van der Waals surface area contributed by atoms with Crippen molar-refractivity contribution in [1.82, 2.24) is 0 Å². The second-order valence-electron chi connectivity index (χ2n) is 3.77. The number of hydrogen-bond acceptors (Lipinski definition) is 1. The van der Waals surface area contributed by atoms with Gasteiger partial charge >= 0.3 is 0 Å². The molecule has 0 atom stereocenters. The maximum atomic E-state index is 8.14. The van der Waals surface area contributed by atoms with Gasteiger partial charge in [-0.2, -0.15) is 0 Å². The van der Waals surface area contributed by atoms with Crippen LogP contribution in [0.3, 0.4) is 0 Å². The molecule has 19 heavy (non-hydrogen) atoms. The quantitative estimate of drug-likeness (QED) is 0.665. The Balaban J connectivity index is 2.40. The van der Waals surface area contributed by atoms with Gasteiger partial charge in [-0.3, -0.25) is 0 Å². The molecule has 0 radical (unpaired) electrons. The highest BCUT2D eigenvalue weighted by atomic mass is 14.6. The minimum atomic E-state index is -0.538. The van der Waals surface area contributed by atoms with Crippen LogP contribution in [0.4, 0.5) is 5.69 Å². The van der Waals surface area contributed by atoms with Crippen molar-refractivity contribution >= 4 is 5.69 Å². The number of nitrogen functional groups attached to an aromatic ring is 1. The molecule has 0 heterocycles. The standard InChI is InChI=1S/C18H15N/c19-18-16(14-8-3-1-4-9-14)12-7-13-17(18)15-10-5-2-6-11-15/h1-13H,19H2/i1D,2D,3D,4D,5D,6D,8D,9D,10D,11D. The summed E-state index contributed by atoms with van der Waals surface area (Å²) in [6, 6.07) is -0.520. The molecule has 0 unspecified atom stereocenters. The Morgan fingerprint density at radius 3 is 1.53 bits per heavy atom. The number of para-hydroxylation sites is 1. The normalized spacial score (nSPS) is 17.7. The molecule has 1 heteroatoms. The van der Waals surface area contributed by atoms with Crippen molar-refractivity contribution in [3.63, 3.8) is 0 Å². The minimum Gasteiger partial charge on any atom is -0.398 e. The zero-order valence-electron chi connectivity index (χ0n) is 19.8. The van der Waals surface area contributed by atoms with Crippen LogP contribution < -0.4 is 5.73 Å². The van der Waals surface area contributed by atoms with Gasteiger partial charge in [0.15, 0.2) is 0 Å². The number of nitrogens with two attached hydrogens (primary N) is 1. The van der Waals surface area contributed by atoms with Gasteiger partial charge in [0, 0.05) is 16.8 Å². The summed E-state index contributed by atoms with van der Waals surface area (Å²) in [5.74, 6) is 0. The van der Waals surface area contributed by atoms with E-state index in [1.807, 2.05) is 0 Å². The van der Waals surface area contributed by atoms with Crippen LogP contribution in [0, 0.1) is 0 Å². The van der Waals surface area contributed by atoms with E-state index in [9.17, 15) is 0 Å². The van der Waals surface area contributed by atoms with Crippen molar-refractivity contribution in [3.05, 3.63) is 78.6 Å². The fourth-order valence-corrected chi connectivity index (χ4v) is 1.77. The van der Waals surface area contributed by atoms with Gasteiger partial charge in [0.1, 0.15) is 0 Å². The first-order valence-electron chi connectivity index (χ1n) is 10.5. The van der Waals surface area contributed by atoms with Gasteiger partial charge in [-0.15, -0.1) is 0 Å². The highest BCUT2D eigenvalue weighted by Crippen LogP contribution is 2.34. The first-order chi connectivity index (χ1) is 13.5. The predicted octanol–water partition coefficient (Wildman–Crippen LogP) is 4.60. The highest BCUT2D eigenvalue weighted by Gasteiger charge is 2.07. The summed E-state index contributed by atoms with van der Waals surface area (Å²) in [7, 11) is 0. The maximum Gasteiger partial charge on any atom is 0.0629 e. The Morgan fingerprint density at radius 2 is 1.11 bits per heavy atom. The van der Waals surface area contributed by atoms with Crippen LogP contribution >= 0.6 is 0 Å². The molecule has 2 N–H and O–H groups in total. The Bertz CT molecular complexity index is 1030. The molecule has 3 aromatic rings. The molecule has 0 spiro atoms. The first-order valence-corrected chi connectivity index (χ1v) is 5.53. The van der Waals surface area contributed by atoms with E-state index in [2.05, 4.69) is 0 Å². The van der Waals surface area contributed by atoms with Crippen LogP contribution in [0.25, 0.3) is 22.3 Å². The summed E-state index contributed by atoms with van der Waals surface area (Å²) in [6.07, 6.45) is 0. The topological polar surface area (TPSA) is 26.0 Å². The van der Waals surface area contributed by atoms with Gasteiger partial charge in [0.25, 0.3) is 0 Å². The van der Waals surface area contributed by atoms with Crippen molar-refractivity contribution in [3.8, 4) is 22.3 Å². The van der Waals surface area contributed by atoms with Crippen molar-refractivity contribution in [2.24, 2.45) is 0 Å². The molecule has 0 aliphatic heterocycles. The van der Waals surface area contributed by atoms with Gasteiger partial charge in [-0.25, -0.2) is 0 Å². The lowest BCUT2D eigenvalue weighted by Crippen LogP contribution is -1.93. The Labute approximate surface area is 127 Å². The molecule has 0 amide bonds. The molecule has 3 rings (SSSR count). The molecule has 0 fully saturated rings. The van der Waals surface area contributed by atoms with E-state index in [4.69, 9.17) is 19.4 Å². The van der Waals surface area contributed by atoms with Gasteiger partial charge < -0.3 is 5.73 Å². The van der Waals surface area contributed by atoms with E-state index >= 15 is 0 Å². The lowest BCUT2D eigenvalue weighted by Gasteiger charge is -2.11. The van der Waals surface area contributed by atoms with E-state index in [1.54, 1.807) is 0 Å². The first kappa shape index (κ1) is 4.86. The van der Waals surface area contributed by atoms with Gasteiger partial charge in [-0.05, 0) is 11.1 Å². The molecular weight excluding hydrogens is 230 g/mol. The van der Waals surface area contributed by atoms with E-state index < -0.39 is 60.4 Å². The summed E-state index contributed by atoms with van der Waals surface area (Å²) < 4.78 is 79.4. The molecule has 0 aromatic heterocycles. The van der Waals surface area contributed by atoms with Crippen molar-refractivity contribution in [2.75, 3.05) is 5.73 Å². The minimum absolute atomic E-state index is 0.0513. The fourth-order valence-electron chi connectivity index (χ4n) is 1.77. The second kappa shape index (κ2) is 4.99. The van der Waals surface area contributed by atoms with Crippen molar-refractivity contribution in [1.29, 1.82) is 0 Å². The molecule has 0 aliphatic carbocycles. The third-order valence-corrected chi connectivity index (χ3v) is 2.64. The SMILES string of the molecule is [2H]c1c([2H])c([2H])c(-c2cccc(-c3c([2H])c([2H])c([2H])c([2H])c3[2H])c2N)c([2H])c1[2H]. The molecular formula is C18H15N. The molecule has 1 nitrogen and oxygen atoms in total. The Hall–Kier alpha value is -2.54. The summed E-state index contributed by atoms with van der Waals surface area (Å²) in [6.45, 7) is 0. The molecule has 0 aliphatic rings. The number of anilines is 1. The van der Waals surface area contributed by atoms with Crippen LogP contribution in [-0.2, 0) is 0 Å². The third-order valence-electron chi connectivity index (χ3n) is 2.64. The van der Waals surface area contributed by atoms with Crippen molar-refractivity contribution < 1.29 is 13.7 Å². The van der Waals surface area contributed by atoms with Crippen LogP contribution in [0.5, 0.6) is 0 Å². The van der Waals surface area contributed by atoms with Gasteiger partial charge in [0.05, 0.1) is 13.7 Å². The summed E-state index contributed by atoms with van der Waals surface area (Å²) in [5.41, 5.74) is 6.16. The molecule has 92 valence electrons. The highest BCUT2D eigenvalue weighted by molar-refractivity contribution is 5.88. The summed E-state index contributed by atoms with van der Waals surface area (Å²) in [4.78, 5) is 0. The molecule has 0 saturated carbocycles.